The van der Waals surface area contributed by atoms with Crippen LogP contribution in [0.15, 0.2) is 18.2 Å². The predicted octanol–water partition coefficient (Wildman–Crippen LogP) is 4.17. The second-order valence-corrected chi connectivity index (χ2v) is 5.86. The average Bonchev–Trinajstić information content (AvgIpc) is 2.48. The van der Waals surface area contributed by atoms with E-state index < -0.39 is 17.8 Å². The largest absolute Gasteiger partial charge is 0.416 e. The Balaban J connectivity index is 2.10. The first kappa shape index (κ1) is 17.1. The number of likely N-dealkylation sites (tertiary alicyclic amines) is 1. The number of halogens is 4. The Morgan fingerprint density at radius 1 is 1.27 bits per heavy atom. The lowest BCUT2D eigenvalue weighted by molar-refractivity contribution is -0.137. The first-order valence-corrected chi connectivity index (χ1v) is 7.58. The Kier molecular flexibility index (Phi) is 5.34. The lowest BCUT2D eigenvalue weighted by Crippen LogP contribution is -2.44. The van der Waals surface area contributed by atoms with Gasteiger partial charge in [0.15, 0.2) is 0 Å². The van der Waals surface area contributed by atoms with Crippen molar-refractivity contribution in [1.29, 1.82) is 0 Å². The summed E-state index contributed by atoms with van der Waals surface area (Å²) in [6.45, 7) is 3.40. The Morgan fingerprint density at radius 2 is 1.91 bits per heavy atom. The molecule has 0 radical (unpaired) electrons. The Morgan fingerprint density at radius 3 is 2.50 bits per heavy atom. The van der Waals surface area contributed by atoms with Crippen LogP contribution >= 0.6 is 11.6 Å². The molecule has 1 N–H and O–H groups in total. The number of amides is 1. The molecule has 22 heavy (non-hydrogen) atoms. The fraction of sp³-hybridized carbons (Fsp3) is 0.533. The fourth-order valence-corrected chi connectivity index (χ4v) is 2.67. The number of hydrogen-bond acceptors (Lipinski definition) is 2. The molecule has 1 fully saturated rings. The second kappa shape index (κ2) is 6.87. The van der Waals surface area contributed by atoms with Gasteiger partial charge in [0.2, 0.25) is 5.91 Å². The summed E-state index contributed by atoms with van der Waals surface area (Å²) in [5.41, 5.74) is -0.844. The third-order valence-corrected chi connectivity index (χ3v) is 4.20. The van der Waals surface area contributed by atoms with Gasteiger partial charge in [-0.25, -0.2) is 0 Å². The maximum Gasteiger partial charge on any atom is 0.416 e. The van der Waals surface area contributed by atoms with E-state index in [1.165, 1.54) is 0 Å². The molecule has 1 aromatic carbocycles. The first-order valence-electron chi connectivity index (χ1n) is 7.20. The number of alkyl halides is 3. The minimum atomic E-state index is -4.47. The van der Waals surface area contributed by atoms with E-state index in [1.54, 1.807) is 6.92 Å². The Labute approximate surface area is 132 Å². The van der Waals surface area contributed by atoms with Crippen LogP contribution in [0.1, 0.15) is 31.7 Å². The van der Waals surface area contributed by atoms with Crippen molar-refractivity contribution in [2.75, 3.05) is 18.4 Å². The monoisotopic (exact) mass is 334 g/mol. The molecule has 1 aliphatic heterocycles. The lowest BCUT2D eigenvalue weighted by Gasteiger charge is -2.31. The van der Waals surface area contributed by atoms with Crippen LogP contribution in [0.2, 0.25) is 5.02 Å². The summed E-state index contributed by atoms with van der Waals surface area (Å²) in [7, 11) is 0. The van der Waals surface area contributed by atoms with Gasteiger partial charge >= 0.3 is 6.18 Å². The van der Waals surface area contributed by atoms with Crippen LogP contribution in [-0.4, -0.2) is 29.9 Å². The molecule has 0 aromatic heterocycles. The SMILES string of the molecule is C[C@@H](C(=O)Nc1cc(C(F)(F)F)ccc1Cl)N1CCCCC1. The zero-order chi connectivity index (χ0) is 16.3. The summed E-state index contributed by atoms with van der Waals surface area (Å²) in [4.78, 5) is 14.3. The average molecular weight is 335 g/mol. The van der Waals surface area contributed by atoms with Gasteiger partial charge in [0, 0.05) is 0 Å². The van der Waals surface area contributed by atoms with Crippen LogP contribution in [0.3, 0.4) is 0 Å². The molecule has 1 aliphatic rings. The van der Waals surface area contributed by atoms with E-state index in [9.17, 15) is 18.0 Å². The molecule has 0 aliphatic carbocycles. The normalized spacial score (nSPS) is 18.0. The first-order chi connectivity index (χ1) is 10.3. The van der Waals surface area contributed by atoms with Crippen molar-refractivity contribution < 1.29 is 18.0 Å². The van der Waals surface area contributed by atoms with Crippen molar-refractivity contribution >= 4 is 23.2 Å². The van der Waals surface area contributed by atoms with Crippen molar-refractivity contribution in [3.8, 4) is 0 Å². The molecule has 0 saturated carbocycles. The summed E-state index contributed by atoms with van der Waals surface area (Å²) in [6.07, 6.45) is -1.27. The smallest absolute Gasteiger partial charge is 0.323 e. The minimum Gasteiger partial charge on any atom is -0.323 e. The van der Waals surface area contributed by atoms with Gasteiger partial charge in [0.05, 0.1) is 22.3 Å². The van der Waals surface area contributed by atoms with E-state index >= 15 is 0 Å². The number of hydrogen-bond donors (Lipinski definition) is 1. The van der Waals surface area contributed by atoms with Crippen molar-refractivity contribution in [2.24, 2.45) is 0 Å². The van der Waals surface area contributed by atoms with E-state index in [0.717, 1.165) is 50.6 Å². The molecule has 2 rings (SSSR count). The molecule has 3 nitrogen and oxygen atoms in total. The standard InChI is InChI=1S/C15H18ClF3N2O/c1-10(21-7-3-2-4-8-21)14(22)20-13-9-11(15(17,18)19)5-6-12(13)16/h5-6,9-10H,2-4,7-8H2,1H3,(H,20,22)/t10-/m0/s1. The van der Waals surface area contributed by atoms with Crippen molar-refractivity contribution in [3.05, 3.63) is 28.8 Å². The third-order valence-electron chi connectivity index (χ3n) is 3.87. The maximum atomic E-state index is 12.7. The summed E-state index contributed by atoms with van der Waals surface area (Å²) < 4.78 is 38.2. The predicted molar refractivity (Wildman–Crippen MR) is 80.0 cm³/mol. The van der Waals surface area contributed by atoms with E-state index in [0.29, 0.717) is 0 Å². The molecular weight excluding hydrogens is 317 g/mol. The molecule has 0 bridgehead atoms. The highest BCUT2D eigenvalue weighted by atomic mass is 35.5. The van der Waals surface area contributed by atoms with Gasteiger partial charge in [-0.1, -0.05) is 18.0 Å². The highest BCUT2D eigenvalue weighted by Gasteiger charge is 2.31. The highest BCUT2D eigenvalue weighted by molar-refractivity contribution is 6.33. The van der Waals surface area contributed by atoms with E-state index in [-0.39, 0.29) is 16.6 Å². The van der Waals surface area contributed by atoms with Crippen LogP contribution in [0.5, 0.6) is 0 Å². The Bertz CT molecular complexity index is 542. The van der Waals surface area contributed by atoms with Crippen molar-refractivity contribution in [3.63, 3.8) is 0 Å². The molecule has 0 spiro atoms. The molecule has 1 amide bonds. The zero-order valence-electron chi connectivity index (χ0n) is 12.2. The molecular formula is C15H18ClF3N2O. The van der Waals surface area contributed by atoms with Crippen LogP contribution in [0.4, 0.5) is 18.9 Å². The second-order valence-electron chi connectivity index (χ2n) is 5.45. The van der Waals surface area contributed by atoms with Gasteiger partial charge in [0.1, 0.15) is 0 Å². The number of nitrogens with one attached hydrogen (secondary N) is 1. The molecule has 1 saturated heterocycles. The van der Waals surface area contributed by atoms with E-state index in [4.69, 9.17) is 11.6 Å². The van der Waals surface area contributed by atoms with Crippen molar-refractivity contribution in [2.45, 2.75) is 38.4 Å². The van der Waals surface area contributed by atoms with E-state index in [1.807, 2.05) is 4.90 Å². The number of carbonyl (C=O) groups is 1. The third kappa shape index (κ3) is 4.14. The van der Waals surface area contributed by atoms with Crippen LogP contribution in [0, 0.1) is 0 Å². The van der Waals surface area contributed by atoms with E-state index in [2.05, 4.69) is 5.32 Å². The number of anilines is 1. The lowest BCUT2D eigenvalue weighted by atomic mass is 10.1. The summed E-state index contributed by atoms with van der Waals surface area (Å²) in [6, 6.07) is 2.51. The topological polar surface area (TPSA) is 32.3 Å². The molecule has 0 unspecified atom stereocenters. The van der Waals surface area contributed by atoms with Gasteiger partial charge in [-0.05, 0) is 51.1 Å². The molecule has 122 valence electrons. The molecule has 7 heteroatoms. The van der Waals surface area contributed by atoms with Gasteiger partial charge in [0.25, 0.3) is 0 Å². The molecule has 1 aromatic rings. The van der Waals surface area contributed by atoms with Crippen LogP contribution < -0.4 is 5.32 Å². The minimum absolute atomic E-state index is 0.00893. The van der Waals surface area contributed by atoms with Crippen LogP contribution in [0.25, 0.3) is 0 Å². The quantitative estimate of drug-likeness (QED) is 0.899. The molecule has 1 atom stereocenters. The van der Waals surface area contributed by atoms with Crippen molar-refractivity contribution in [1.82, 2.24) is 4.90 Å². The summed E-state index contributed by atoms with van der Waals surface area (Å²) >= 11 is 5.89. The van der Waals surface area contributed by atoms with Gasteiger partial charge < -0.3 is 5.32 Å². The summed E-state index contributed by atoms with van der Waals surface area (Å²) in [5.74, 6) is -0.344. The molecule has 1 heterocycles. The number of nitrogens with zero attached hydrogens (tertiary/aromatic N) is 1. The highest BCUT2D eigenvalue weighted by Crippen LogP contribution is 2.33. The van der Waals surface area contributed by atoms with Gasteiger partial charge in [-0.2, -0.15) is 13.2 Å². The number of carbonyl (C=O) groups excluding carboxylic acids is 1. The zero-order valence-corrected chi connectivity index (χ0v) is 13.0. The number of piperidine rings is 1. The Hall–Kier alpha value is -1.27. The van der Waals surface area contributed by atoms with Crippen LogP contribution in [-0.2, 0) is 11.0 Å². The number of rotatable bonds is 3. The maximum absolute atomic E-state index is 12.7. The fourth-order valence-electron chi connectivity index (χ4n) is 2.51. The van der Waals surface area contributed by atoms with Gasteiger partial charge in [-0.3, -0.25) is 9.69 Å². The van der Waals surface area contributed by atoms with Gasteiger partial charge in [-0.15, -0.1) is 0 Å². The number of benzene rings is 1. The summed E-state index contributed by atoms with van der Waals surface area (Å²) in [5, 5.41) is 2.60.